The van der Waals surface area contributed by atoms with E-state index in [9.17, 15) is 14.9 Å². The zero-order chi connectivity index (χ0) is 20.4. The molecule has 0 spiro atoms. The normalized spacial score (nSPS) is 16.9. The van der Waals surface area contributed by atoms with Gasteiger partial charge in [0.1, 0.15) is 23.5 Å². The number of hydrogen-bond donors (Lipinski definition) is 0. The molecule has 0 saturated heterocycles. The number of likely N-dealkylation sites (N-methyl/N-ethyl adjacent to an activating group) is 1. The zero-order valence-electron chi connectivity index (χ0n) is 16.8. The van der Waals surface area contributed by atoms with Crippen LogP contribution in [0.4, 0.5) is 4.79 Å². The number of carbonyl (C=O) groups excluding carboxylic acids is 2. The molecule has 1 aliphatic rings. The van der Waals surface area contributed by atoms with E-state index in [0.29, 0.717) is 17.7 Å². The summed E-state index contributed by atoms with van der Waals surface area (Å²) in [5.41, 5.74) is 0.0671. The van der Waals surface area contributed by atoms with Crippen molar-refractivity contribution in [3.63, 3.8) is 0 Å². The highest BCUT2D eigenvalue weighted by atomic mass is 16.6. The Bertz CT molecular complexity index is 761. The van der Waals surface area contributed by atoms with E-state index in [1.807, 2.05) is 13.8 Å². The molecule has 2 amide bonds. The summed E-state index contributed by atoms with van der Waals surface area (Å²) in [5.74, 6) is 0.0928. The second kappa shape index (κ2) is 7.87. The molecular formula is C20H27N3O4. The van der Waals surface area contributed by atoms with Gasteiger partial charge in [-0.2, -0.15) is 5.26 Å². The molecule has 1 aromatic rings. The lowest BCUT2D eigenvalue weighted by atomic mass is 10.1. The number of hydrogen-bond acceptors (Lipinski definition) is 5. The molecule has 0 radical (unpaired) electrons. The molecular weight excluding hydrogens is 346 g/mol. The maximum Gasteiger partial charge on any atom is 0.410 e. The average molecular weight is 373 g/mol. The highest BCUT2D eigenvalue weighted by Gasteiger charge is 2.33. The number of nitriles is 1. The van der Waals surface area contributed by atoms with Crippen LogP contribution in [0.1, 0.15) is 50.5 Å². The van der Waals surface area contributed by atoms with Crippen molar-refractivity contribution < 1.29 is 19.1 Å². The van der Waals surface area contributed by atoms with Crippen molar-refractivity contribution in [2.45, 2.75) is 52.4 Å². The Morgan fingerprint density at radius 2 is 2.11 bits per heavy atom. The Kier molecular flexibility index (Phi) is 5.99. The van der Waals surface area contributed by atoms with E-state index in [0.717, 1.165) is 0 Å². The van der Waals surface area contributed by atoms with E-state index >= 15 is 0 Å². The molecule has 1 aliphatic heterocycles. The van der Waals surface area contributed by atoms with Crippen LogP contribution in [-0.2, 0) is 4.74 Å². The fourth-order valence-corrected chi connectivity index (χ4v) is 2.84. The summed E-state index contributed by atoms with van der Waals surface area (Å²) < 4.78 is 11.4. The number of benzene rings is 1. The minimum absolute atomic E-state index is 0.0490. The number of ether oxygens (including phenoxy) is 2. The van der Waals surface area contributed by atoms with Crippen LogP contribution >= 0.6 is 0 Å². The number of para-hydroxylation sites is 1. The van der Waals surface area contributed by atoms with Gasteiger partial charge in [0.2, 0.25) is 0 Å². The molecule has 0 bridgehead atoms. The third-order valence-corrected chi connectivity index (χ3v) is 4.12. The zero-order valence-corrected chi connectivity index (χ0v) is 16.8. The molecule has 146 valence electrons. The number of amides is 2. The van der Waals surface area contributed by atoms with E-state index in [1.54, 1.807) is 50.9 Å². The van der Waals surface area contributed by atoms with Crippen LogP contribution < -0.4 is 4.74 Å². The second-order valence-electron chi connectivity index (χ2n) is 7.95. The van der Waals surface area contributed by atoms with Crippen LogP contribution in [0.3, 0.4) is 0 Å². The molecule has 1 unspecified atom stereocenters. The van der Waals surface area contributed by atoms with Gasteiger partial charge in [0.05, 0.1) is 24.2 Å². The largest absolute Gasteiger partial charge is 0.484 e. The summed E-state index contributed by atoms with van der Waals surface area (Å²) in [7, 11) is 1.63. The maximum absolute atomic E-state index is 12.9. The van der Waals surface area contributed by atoms with Crippen LogP contribution in [0.2, 0.25) is 0 Å². The molecule has 2 rings (SSSR count). The van der Waals surface area contributed by atoms with Crippen molar-refractivity contribution in [3.05, 3.63) is 29.3 Å². The van der Waals surface area contributed by atoms with Gasteiger partial charge >= 0.3 is 6.09 Å². The monoisotopic (exact) mass is 373 g/mol. The fourth-order valence-electron chi connectivity index (χ4n) is 2.84. The first-order chi connectivity index (χ1) is 12.5. The first-order valence-corrected chi connectivity index (χ1v) is 8.98. The fraction of sp³-hybridized carbons (Fsp3) is 0.550. The predicted octanol–water partition coefficient (Wildman–Crippen LogP) is 3.04. The Morgan fingerprint density at radius 1 is 1.44 bits per heavy atom. The van der Waals surface area contributed by atoms with Crippen molar-refractivity contribution in [2.24, 2.45) is 0 Å². The molecule has 0 aliphatic carbocycles. The van der Waals surface area contributed by atoms with E-state index in [1.165, 1.54) is 4.90 Å². The van der Waals surface area contributed by atoms with Crippen LogP contribution in [0.25, 0.3) is 0 Å². The molecule has 1 atom stereocenters. The van der Waals surface area contributed by atoms with Gasteiger partial charge in [-0.15, -0.1) is 0 Å². The van der Waals surface area contributed by atoms with Gasteiger partial charge in [0.25, 0.3) is 5.91 Å². The predicted molar refractivity (Wildman–Crippen MR) is 101 cm³/mol. The highest BCUT2D eigenvalue weighted by molar-refractivity contribution is 5.98. The van der Waals surface area contributed by atoms with Gasteiger partial charge in [-0.3, -0.25) is 4.79 Å². The molecule has 0 aromatic heterocycles. The van der Waals surface area contributed by atoms with Crippen molar-refractivity contribution >= 4 is 12.0 Å². The minimum Gasteiger partial charge on any atom is -0.484 e. The Balaban J connectivity index is 2.31. The number of carbonyl (C=O) groups is 2. The van der Waals surface area contributed by atoms with Gasteiger partial charge in [-0.05, 0) is 46.8 Å². The Morgan fingerprint density at radius 3 is 2.67 bits per heavy atom. The molecule has 0 fully saturated rings. The van der Waals surface area contributed by atoms with E-state index in [2.05, 4.69) is 6.07 Å². The summed E-state index contributed by atoms with van der Waals surface area (Å²) >= 11 is 0. The van der Waals surface area contributed by atoms with E-state index < -0.39 is 17.8 Å². The van der Waals surface area contributed by atoms with Crippen LogP contribution in [0.15, 0.2) is 18.2 Å². The topological polar surface area (TPSA) is 82.9 Å². The van der Waals surface area contributed by atoms with E-state index in [-0.39, 0.29) is 24.2 Å². The lowest BCUT2D eigenvalue weighted by molar-refractivity contribution is 0.0201. The van der Waals surface area contributed by atoms with Crippen molar-refractivity contribution in [3.8, 4) is 11.8 Å². The number of fused-ring (bicyclic) bond motifs is 1. The summed E-state index contributed by atoms with van der Waals surface area (Å²) in [6.07, 6.45) is -0.948. The molecule has 0 N–H and O–H groups in total. The standard InChI is InChI=1S/C20H27N3O4/c1-13(2)23-12-15(11-22(6)19(25)27-20(3,4)5)26-17-14(10-21)8-7-9-16(17)18(23)24/h7-9,13,15H,11-12H2,1-6H3. The van der Waals surface area contributed by atoms with Gasteiger partial charge < -0.3 is 19.3 Å². The number of nitrogens with zero attached hydrogens (tertiary/aromatic N) is 3. The van der Waals surface area contributed by atoms with Crippen LogP contribution in [-0.4, -0.2) is 59.7 Å². The molecule has 7 heteroatoms. The highest BCUT2D eigenvalue weighted by Crippen LogP contribution is 2.30. The average Bonchev–Trinajstić information content (AvgIpc) is 2.70. The second-order valence-corrected chi connectivity index (χ2v) is 7.95. The Hall–Kier alpha value is -2.75. The molecule has 1 heterocycles. The number of rotatable bonds is 3. The lowest BCUT2D eigenvalue weighted by Gasteiger charge is -2.30. The summed E-state index contributed by atoms with van der Waals surface area (Å²) in [6.45, 7) is 9.78. The molecule has 27 heavy (non-hydrogen) atoms. The quantitative estimate of drug-likeness (QED) is 0.813. The first-order valence-electron chi connectivity index (χ1n) is 8.98. The lowest BCUT2D eigenvalue weighted by Crippen LogP contribution is -2.47. The third-order valence-electron chi connectivity index (χ3n) is 4.12. The summed E-state index contributed by atoms with van der Waals surface area (Å²) in [5, 5.41) is 9.39. The van der Waals surface area contributed by atoms with Gasteiger partial charge in [0.15, 0.2) is 0 Å². The molecule has 7 nitrogen and oxygen atoms in total. The van der Waals surface area contributed by atoms with Crippen LogP contribution in [0.5, 0.6) is 5.75 Å². The van der Waals surface area contributed by atoms with Crippen molar-refractivity contribution in [1.29, 1.82) is 5.26 Å². The van der Waals surface area contributed by atoms with Crippen molar-refractivity contribution in [2.75, 3.05) is 20.1 Å². The van der Waals surface area contributed by atoms with E-state index in [4.69, 9.17) is 9.47 Å². The minimum atomic E-state index is -0.601. The van der Waals surface area contributed by atoms with Gasteiger partial charge in [-0.25, -0.2) is 4.79 Å². The Labute approximate surface area is 160 Å². The molecule has 0 saturated carbocycles. The SMILES string of the molecule is CC(C)N1CC(CN(C)C(=O)OC(C)(C)C)Oc2c(C#N)cccc2C1=O. The third kappa shape index (κ3) is 4.91. The summed E-state index contributed by atoms with van der Waals surface area (Å²) in [4.78, 5) is 28.3. The van der Waals surface area contributed by atoms with Crippen LogP contribution in [0, 0.1) is 11.3 Å². The van der Waals surface area contributed by atoms with Crippen molar-refractivity contribution in [1.82, 2.24) is 9.80 Å². The smallest absolute Gasteiger partial charge is 0.410 e. The molecule has 1 aromatic carbocycles. The maximum atomic E-state index is 12.9. The van der Waals surface area contributed by atoms with Gasteiger partial charge in [-0.1, -0.05) is 6.07 Å². The van der Waals surface area contributed by atoms with Gasteiger partial charge in [0, 0.05) is 13.1 Å². The summed E-state index contributed by atoms with van der Waals surface area (Å²) in [6, 6.07) is 6.97. The first kappa shape index (κ1) is 20.6.